The van der Waals surface area contributed by atoms with Crippen LogP contribution >= 0.6 is 0 Å². The molecule has 0 unspecified atom stereocenters. The molecule has 86 valence electrons. The van der Waals surface area contributed by atoms with E-state index in [2.05, 4.69) is 5.32 Å². The van der Waals surface area contributed by atoms with Gasteiger partial charge in [-0.05, 0) is 43.5 Å². The minimum atomic E-state index is -0.533. The number of primary amides is 1. The van der Waals surface area contributed by atoms with Gasteiger partial charge in [0.25, 0.3) is 0 Å². The number of hydrogen-bond donors (Lipinski definition) is 2. The molecule has 1 aromatic carbocycles. The van der Waals surface area contributed by atoms with E-state index >= 15 is 0 Å². The molecule has 0 heterocycles. The van der Waals surface area contributed by atoms with Gasteiger partial charge in [0.05, 0.1) is 7.11 Å². The number of nitrogens with two attached hydrogens (primary N) is 1. The molecule has 1 aliphatic carbocycles. The van der Waals surface area contributed by atoms with Crippen LogP contribution in [0.25, 0.3) is 0 Å². The molecule has 0 aromatic heterocycles. The van der Waals surface area contributed by atoms with E-state index in [1.165, 1.54) is 0 Å². The van der Waals surface area contributed by atoms with Crippen LogP contribution in [0.2, 0.25) is 0 Å². The van der Waals surface area contributed by atoms with Crippen molar-refractivity contribution in [2.45, 2.75) is 24.8 Å². The Morgan fingerprint density at radius 3 is 2.38 bits per heavy atom. The van der Waals surface area contributed by atoms with Gasteiger partial charge in [0.1, 0.15) is 11.3 Å². The fourth-order valence-corrected chi connectivity index (χ4v) is 1.91. The fraction of sp³-hybridized carbons (Fsp3) is 0.417. The summed E-state index contributed by atoms with van der Waals surface area (Å²) < 4.78 is 5.07. The maximum absolute atomic E-state index is 11.4. The van der Waals surface area contributed by atoms with Crippen molar-refractivity contribution in [3.05, 3.63) is 24.3 Å². The van der Waals surface area contributed by atoms with Gasteiger partial charge < -0.3 is 15.8 Å². The number of rotatable bonds is 4. The van der Waals surface area contributed by atoms with Gasteiger partial charge in [-0.1, -0.05) is 0 Å². The molecule has 4 nitrogen and oxygen atoms in total. The van der Waals surface area contributed by atoms with Crippen molar-refractivity contribution in [3.63, 3.8) is 0 Å². The molecule has 1 amide bonds. The van der Waals surface area contributed by atoms with Crippen LogP contribution in [0.4, 0.5) is 5.69 Å². The molecule has 1 aliphatic rings. The van der Waals surface area contributed by atoms with E-state index in [4.69, 9.17) is 10.5 Å². The van der Waals surface area contributed by atoms with E-state index in [-0.39, 0.29) is 5.91 Å². The predicted molar refractivity (Wildman–Crippen MR) is 62.4 cm³/mol. The summed E-state index contributed by atoms with van der Waals surface area (Å²) in [5.41, 5.74) is 5.78. The number of benzene rings is 1. The Balaban J connectivity index is 2.10. The number of methoxy groups -OCH3 is 1. The van der Waals surface area contributed by atoms with E-state index in [9.17, 15) is 4.79 Å². The van der Waals surface area contributed by atoms with E-state index in [1.54, 1.807) is 7.11 Å². The molecule has 0 spiro atoms. The third-order valence-electron chi connectivity index (χ3n) is 3.15. The molecule has 16 heavy (non-hydrogen) atoms. The molecule has 4 heteroatoms. The zero-order chi connectivity index (χ0) is 11.6. The number of ether oxygens (including phenoxy) is 1. The average Bonchev–Trinajstić information content (AvgIpc) is 2.24. The maximum Gasteiger partial charge on any atom is 0.243 e. The van der Waals surface area contributed by atoms with Crippen LogP contribution in [-0.4, -0.2) is 18.6 Å². The lowest BCUT2D eigenvalue weighted by molar-refractivity contribution is -0.124. The normalized spacial score (nSPS) is 17.3. The molecule has 2 rings (SSSR count). The van der Waals surface area contributed by atoms with E-state index in [0.29, 0.717) is 0 Å². The average molecular weight is 220 g/mol. The molecule has 0 saturated heterocycles. The van der Waals surface area contributed by atoms with Crippen molar-refractivity contribution >= 4 is 11.6 Å². The summed E-state index contributed by atoms with van der Waals surface area (Å²) in [6.45, 7) is 0. The van der Waals surface area contributed by atoms with Crippen LogP contribution in [0.1, 0.15) is 19.3 Å². The highest BCUT2D eigenvalue weighted by Gasteiger charge is 2.42. The van der Waals surface area contributed by atoms with Crippen LogP contribution in [0.5, 0.6) is 5.75 Å². The second-order valence-electron chi connectivity index (χ2n) is 4.15. The zero-order valence-electron chi connectivity index (χ0n) is 9.32. The van der Waals surface area contributed by atoms with E-state index in [1.807, 2.05) is 24.3 Å². The van der Waals surface area contributed by atoms with Crippen LogP contribution < -0.4 is 15.8 Å². The van der Waals surface area contributed by atoms with Crippen molar-refractivity contribution < 1.29 is 9.53 Å². The molecule has 3 N–H and O–H groups in total. The van der Waals surface area contributed by atoms with Gasteiger partial charge in [-0.2, -0.15) is 0 Å². The molecule has 0 aliphatic heterocycles. The Hall–Kier alpha value is -1.71. The highest BCUT2D eigenvalue weighted by Crippen LogP contribution is 2.35. The number of nitrogens with one attached hydrogen (secondary N) is 1. The van der Waals surface area contributed by atoms with E-state index in [0.717, 1.165) is 30.7 Å². The number of anilines is 1. The first-order valence-electron chi connectivity index (χ1n) is 5.38. The lowest BCUT2D eigenvalue weighted by Gasteiger charge is -2.40. The number of carbonyl (C=O) groups is 1. The summed E-state index contributed by atoms with van der Waals surface area (Å²) in [6, 6.07) is 7.50. The van der Waals surface area contributed by atoms with Gasteiger partial charge in [-0.3, -0.25) is 4.79 Å². The van der Waals surface area contributed by atoms with Crippen molar-refractivity contribution in [2.24, 2.45) is 5.73 Å². The van der Waals surface area contributed by atoms with Gasteiger partial charge in [0, 0.05) is 5.69 Å². The number of hydrogen-bond acceptors (Lipinski definition) is 3. The monoisotopic (exact) mass is 220 g/mol. The second-order valence-corrected chi connectivity index (χ2v) is 4.15. The summed E-state index contributed by atoms with van der Waals surface area (Å²) >= 11 is 0. The summed E-state index contributed by atoms with van der Waals surface area (Å²) in [7, 11) is 1.62. The molecule has 1 fully saturated rings. The Bertz CT molecular complexity index is 383. The molecule has 1 aromatic rings. The highest BCUT2D eigenvalue weighted by atomic mass is 16.5. The van der Waals surface area contributed by atoms with Crippen molar-refractivity contribution in [2.75, 3.05) is 12.4 Å². The largest absolute Gasteiger partial charge is 0.497 e. The van der Waals surface area contributed by atoms with Crippen molar-refractivity contribution in [1.82, 2.24) is 0 Å². The van der Waals surface area contributed by atoms with Gasteiger partial charge in [0.15, 0.2) is 0 Å². The Kier molecular flexibility index (Phi) is 2.73. The molecule has 1 saturated carbocycles. The summed E-state index contributed by atoms with van der Waals surface area (Å²) in [4.78, 5) is 11.4. The number of amides is 1. The lowest BCUT2D eigenvalue weighted by atomic mass is 9.76. The second kappa shape index (κ2) is 4.04. The minimum absolute atomic E-state index is 0.269. The van der Waals surface area contributed by atoms with Gasteiger partial charge in [-0.15, -0.1) is 0 Å². The van der Waals surface area contributed by atoms with Crippen LogP contribution in [0, 0.1) is 0 Å². The quantitative estimate of drug-likeness (QED) is 0.808. The van der Waals surface area contributed by atoms with Crippen LogP contribution in [0.3, 0.4) is 0 Å². The first kappa shape index (κ1) is 10.8. The third-order valence-corrected chi connectivity index (χ3v) is 3.15. The lowest BCUT2D eigenvalue weighted by Crippen LogP contribution is -2.55. The summed E-state index contributed by atoms with van der Waals surface area (Å²) in [5.74, 6) is 0.529. The smallest absolute Gasteiger partial charge is 0.243 e. The maximum atomic E-state index is 11.4. The van der Waals surface area contributed by atoms with Crippen LogP contribution in [0.15, 0.2) is 24.3 Å². The molecular weight excluding hydrogens is 204 g/mol. The minimum Gasteiger partial charge on any atom is -0.497 e. The number of carbonyl (C=O) groups excluding carboxylic acids is 1. The molecule has 0 radical (unpaired) electrons. The van der Waals surface area contributed by atoms with E-state index < -0.39 is 5.54 Å². The van der Waals surface area contributed by atoms with Gasteiger partial charge in [0.2, 0.25) is 5.91 Å². The SMILES string of the molecule is COc1ccc(NC2(C(N)=O)CCC2)cc1. The van der Waals surface area contributed by atoms with Crippen molar-refractivity contribution in [3.8, 4) is 5.75 Å². The first-order valence-corrected chi connectivity index (χ1v) is 5.38. The Morgan fingerprint density at radius 1 is 1.38 bits per heavy atom. The Morgan fingerprint density at radius 2 is 2.00 bits per heavy atom. The van der Waals surface area contributed by atoms with Gasteiger partial charge >= 0.3 is 0 Å². The van der Waals surface area contributed by atoms with Crippen LogP contribution in [-0.2, 0) is 4.79 Å². The summed E-state index contributed by atoms with van der Waals surface area (Å²) in [6.07, 6.45) is 2.68. The standard InChI is InChI=1S/C12H16N2O2/c1-16-10-5-3-9(4-6-10)14-12(11(13)15)7-2-8-12/h3-6,14H,2,7-8H2,1H3,(H2,13,15). The molecular formula is C12H16N2O2. The molecule has 0 atom stereocenters. The Labute approximate surface area is 94.8 Å². The van der Waals surface area contributed by atoms with Gasteiger partial charge in [-0.25, -0.2) is 0 Å². The molecule has 0 bridgehead atoms. The first-order chi connectivity index (χ1) is 7.66. The topological polar surface area (TPSA) is 64.3 Å². The predicted octanol–water partition coefficient (Wildman–Crippen LogP) is 1.52. The fourth-order valence-electron chi connectivity index (χ4n) is 1.91. The zero-order valence-corrected chi connectivity index (χ0v) is 9.32. The summed E-state index contributed by atoms with van der Waals surface area (Å²) in [5, 5.41) is 3.21. The van der Waals surface area contributed by atoms with Crippen molar-refractivity contribution in [1.29, 1.82) is 0 Å². The third kappa shape index (κ3) is 1.83. The highest BCUT2D eigenvalue weighted by molar-refractivity contribution is 5.89.